The van der Waals surface area contributed by atoms with Crippen LogP contribution < -0.4 is 0 Å². The number of aliphatic hydroxyl groups excluding tert-OH is 1. The Kier molecular flexibility index (Phi) is 9.49. The highest BCUT2D eigenvalue weighted by Crippen LogP contribution is 2.07. The molecule has 0 fully saturated rings. The predicted octanol–water partition coefficient (Wildman–Crippen LogP) is 2.60. The number of esters is 1. The average molecular weight is 293 g/mol. The summed E-state index contributed by atoms with van der Waals surface area (Å²) in [6.45, 7) is 4.95. The highest BCUT2D eigenvalue weighted by molar-refractivity contribution is 5.69. The monoisotopic (exact) mass is 293 g/mol. The maximum atomic E-state index is 11.2. The van der Waals surface area contributed by atoms with E-state index in [0.717, 1.165) is 32.4 Å². The third-order valence-electron chi connectivity index (χ3n) is 3.33. The maximum absolute atomic E-state index is 11.2. The van der Waals surface area contributed by atoms with Crippen LogP contribution in [0.3, 0.4) is 0 Å². The second-order valence-corrected chi connectivity index (χ2v) is 5.10. The largest absolute Gasteiger partial charge is 0.466 e. The van der Waals surface area contributed by atoms with Crippen LogP contribution in [0.15, 0.2) is 30.3 Å². The smallest absolute Gasteiger partial charge is 0.305 e. The third kappa shape index (κ3) is 8.48. The predicted molar refractivity (Wildman–Crippen MR) is 83.9 cm³/mol. The van der Waals surface area contributed by atoms with E-state index in [4.69, 9.17) is 9.84 Å². The van der Waals surface area contributed by atoms with E-state index in [1.54, 1.807) is 0 Å². The Balaban J connectivity index is 2.20. The molecule has 0 aliphatic heterocycles. The van der Waals surface area contributed by atoms with Crippen molar-refractivity contribution >= 4 is 5.97 Å². The van der Waals surface area contributed by atoms with Crippen LogP contribution in [0.5, 0.6) is 0 Å². The number of hydrogen-bond acceptors (Lipinski definition) is 4. The van der Waals surface area contributed by atoms with Crippen LogP contribution in [0.2, 0.25) is 0 Å². The molecule has 0 saturated heterocycles. The standard InChI is InChI=1S/C17H27NO3/c1-2-21-17(20)11-7-4-8-12-18(13-14-19)15-16-9-5-3-6-10-16/h3,5-6,9-10,19H,2,4,7-8,11-15H2,1H3. The molecule has 0 unspecified atom stereocenters. The van der Waals surface area contributed by atoms with E-state index in [0.29, 0.717) is 19.6 Å². The minimum absolute atomic E-state index is 0.103. The summed E-state index contributed by atoms with van der Waals surface area (Å²) >= 11 is 0. The van der Waals surface area contributed by atoms with E-state index in [9.17, 15) is 4.79 Å². The zero-order chi connectivity index (χ0) is 15.3. The summed E-state index contributed by atoms with van der Waals surface area (Å²) in [7, 11) is 0. The number of carbonyl (C=O) groups excluding carboxylic acids is 1. The summed E-state index contributed by atoms with van der Waals surface area (Å²) in [5.74, 6) is -0.103. The van der Waals surface area contributed by atoms with Gasteiger partial charge in [-0.25, -0.2) is 0 Å². The number of unbranched alkanes of at least 4 members (excludes halogenated alkanes) is 2. The van der Waals surface area contributed by atoms with Crippen LogP contribution in [0.4, 0.5) is 0 Å². The van der Waals surface area contributed by atoms with Gasteiger partial charge in [0.05, 0.1) is 13.2 Å². The number of nitrogens with zero attached hydrogens (tertiary/aromatic N) is 1. The first-order chi connectivity index (χ1) is 10.3. The molecule has 0 aliphatic carbocycles. The van der Waals surface area contributed by atoms with Crippen LogP contribution in [0.25, 0.3) is 0 Å². The summed E-state index contributed by atoms with van der Waals surface area (Å²) in [6.07, 6.45) is 3.42. The lowest BCUT2D eigenvalue weighted by molar-refractivity contribution is -0.143. The molecule has 4 heteroatoms. The molecule has 0 saturated carbocycles. The Morgan fingerprint density at radius 2 is 1.90 bits per heavy atom. The molecule has 4 nitrogen and oxygen atoms in total. The fourth-order valence-electron chi connectivity index (χ4n) is 2.27. The van der Waals surface area contributed by atoms with Gasteiger partial charge < -0.3 is 9.84 Å². The summed E-state index contributed by atoms with van der Waals surface area (Å²) in [5.41, 5.74) is 1.26. The van der Waals surface area contributed by atoms with Crippen LogP contribution in [-0.4, -0.2) is 42.3 Å². The molecule has 0 atom stereocenters. The highest BCUT2D eigenvalue weighted by Gasteiger charge is 2.06. The summed E-state index contributed by atoms with van der Waals surface area (Å²) in [5, 5.41) is 9.15. The molecule has 0 aliphatic rings. The van der Waals surface area contributed by atoms with Crippen molar-refractivity contribution in [2.24, 2.45) is 0 Å². The molecule has 1 N–H and O–H groups in total. The number of ether oxygens (including phenoxy) is 1. The van der Waals surface area contributed by atoms with E-state index in [2.05, 4.69) is 17.0 Å². The topological polar surface area (TPSA) is 49.8 Å². The van der Waals surface area contributed by atoms with Crippen molar-refractivity contribution in [3.05, 3.63) is 35.9 Å². The average Bonchev–Trinajstić information content (AvgIpc) is 2.48. The van der Waals surface area contributed by atoms with Gasteiger partial charge in [0.2, 0.25) is 0 Å². The molecular weight excluding hydrogens is 266 g/mol. The molecule has 21 heavy (non-hydrogen) atoms. The number of rotatable bonds is 11. The maximum Gasteiger partial charge on any atom is 0.305 e. The van der Waals surface area contributed by atoms with Crippen molar-refractivity contribution in [1.29, 1.82) is 0 Å². The van der Waals surface area contributed by atoms with Crippen LogP contribution in [0.1, 0.15) is 38.2 Å². The van der Waals surface area contributed by atoms with Gasteiger partial charge in [0.25, 0.3) is 0 Å². The molecule has 0 heterocycles. The Morgan fingerprint density at radius 1 is 1.14 bits per heavy atom. The first-order valence-electron chi connectivity index (χ1n) is 7.79. The summed E-state index contributed by atoms with van der Waals surface area (Å²) in [6, 6.07) is 10.3. The minimum atomic E-state index is -0.103. The number of benzene rings is 1. The van der Waals surface area contributed by atoms with Gasteiger partial charge in [0, 0.05) is 19.5 Å². The van der Waals surface area contributed by atoms with Gasteiger partial charge in [-0.2, -0.15) is 0 Å². The molecule has 1 rings (SSSR count). The lowest BCUT2D eigenvalue weighted by Crippen LogP contribution is -2.27. The molecule has 1 aromatic rings. The van der Waals surface area contributed by atoms with Crippen molar-refractivity contribution in [3.63, 3.8) is 0 Å². The molecule has 0 bridgehead atoms. The molecule has 0 spiro atoms. The van der Waals surface area contributed by atoms with Gasteiger partial charge in [0.1, 0.15) is 0 Å². The van der Waals surface area contributed by atoms with Gasteiger partial charge in [-0.3, -0.25) is 9.69 Å². The van der Waals surface area contributed by atoms with Crippen LogP contribution in [-0.2, 0) is 16.1 Å². The lowest BCUT2D eigenvalue weighted by atomic mass is 10.1. The van der Waals surface area contributed by atoms with Crippen molar-refractivity contribution in [2.75, 3.05) is 26.3 Å². The summed E-state index contributed by atoms with van der Waals surface area (Å²) < 4.78 is 4.90. The molecule has 118 valence electrons. The van der Waals surface area contributed by atoms with Crippen molar-refractivity contribution in [3.8, 4) is 0 Å². The molecule has 0 amide bonds. The minimum Gasteiger partial charge on any atom is -0.466 e. The first kappa shape index (κ1) is 17.7. The first-order valence-corrected chi connectivity index (χ1v) is 7.79. The zero-order valence-electron chi connectivity index (χ0n) is 13.0. The summed E-state index contributed by atoms with van der Waals surface area (Å²) in [4.78, 5) is 13.5. The van der Waals surface area contributed by atoms with Gasteiger partial charge >= 0.3 is 5.97 Å². The normalized spacial score (nSPS) is 10.8. The van der Waals surface area contributed by atoms with Gasteiger partial charge in [0.15, 0.2) is 0 Å². The quantitative estimate of drug-likeness (QED) is 0.503. The highest BCUT2D eigenvalue weighted by atomic mass is 16.5. The Hall–Kier alpha value is -1.39. The van der Waals surface area contributed by atoms with Crippen molar-refractivity contribution in [2.45, 2.75) is 39.2 Å². The molecule has 0 radical (unpaired) electrons. The van der Waals surface area contributed by atoms with Crippen molar-refractivity contribution in [1.82, 2.24) is 4.90 Å². The zero-order valence-corrected chi connectivity index (χ0v) is 13.0. The molecule has 1 aromatic carbocycles. The number of carbonyl (C=O) groups is 1. The lowest BCUT2D eigenvalue weighted by Gasteiger charge is -2.21. The fraction of sp³-hybridized carbons (Fsp3) is 0.588. The van der Waals surface area contributed by atoms with Crippen LogP contribution >= 0.6 is 0 Å². The fourth-order valence-corrected chi connectivity index (χ4v) is 2.27. The Labute approximate surface area is 127 Å². The van der Waals surface area contributed by atoms with Gasteiger partial charge in [-0.05, 0) is 31.9 Å². The van der Waals surface area contributed by atoms with E-state index >= 15 is 0 Å². The van der Waals surface area contributed by atoms with Gasteiger partial charge in [-0.1, -0.05) is 36.8 Å². The molecular formula is C17H27NO3. The number of aliphatic hydroxyl groups is 1. The van der Waals surface area contributed by atoms with E-state index in [-0.39, 0.29) is 12.6 Å². The van der Waals surface area contributed by atoms with Gasteiger partial charge in [-0.15, -0.1) is 0 Å². The Bertz CT molecular complexity index is 381. The van der Waals surface area contributed by atoms with E-state index < -0.39 is 0 Å². The SMILES string of the molecule is CCOC(=O)CCCCCN(CCO)Cc1ccccc1. The van der Waals surface area contributed by atoms with E-state index in [1.807, 2.05) is 25.1 Å². The molecule has 0 aromatic heterocycles. The van der Waals surface area contributed by atoms with E-state index in [1.165, 1.54) is 5.56 Å². The van der Waals surface area contributed by atoms with Crippen LogP contribution in [0, 0.1) is 0 Å². The second kappa shape index (κ2) is 11.3. The number of hydrogen-bond donors (Lipinski definition) is 1. The Morgan fingerprint density at radius 3 is 2.57 bits per heavy atom. The van der Waals surface area contributed by atoms with Crippen molar-refractivity contribution < 1.29 is 14.6 Å². The third-order valence-corrected chi connectivity index (χ3v) is 3.33. The second-order valence-electron chi connectivity index (χ2n) is 5.10.